The van der Waals surface area contributed by atoms with Gasteiger partial charge in [0, 0.05) is 34.5 Å². The van der Waals surface area contributed by atoms with Crippen LogP contribution in [0.4, 0.5) is 5.69 Å². The van der Waals surface area contributed by atoms with E-state index >= 15 is 0 Å². The van der Waals surface area contributed by atoms with Crippen molar-refractivity contribution >= 4 is 39.3 Å². The van der Waals surface area contributed by atoms with E-state index in [1.807, 2.05) is 36.0 Å². The highest BCUT2D eigenvalue weighted by atomic mass is 32.2. The zero-order valence-corrected chi connectivity index (χ0v) is 20.7. The van der Waals surface area contributed by atoms with Crippen LogP contribution in [0.25, 0.3) is 0 Å². The molecule has 9 heteroatoms. The predicted octanol–water partition coefficient (Wildman–Crippen LogP) is 4.12. The van der Waals surface area contributed by atoms with Crippen molar-refractivity contribution < 1.29 is 18.0 Å². The number of thioether (sulfide) groups is 1. The predicted molar refractivity (Wildman–Crippen MR) is 132 cm³/mol. The summed E-state index contributed by atoms with van der Waals surface area (Å²) in [5.41, 5.74) is 0.849. The maximum absolute atomic E-state index is 12.7. The lowest BCUT2D eigenvalue weighted by Crippen LogP contribution is -2.33. The number of sulfonamides is 1. The van der Waals surface area contributed by atoms with Crippen molar-refractivity contribution in [2.45, 2.75) is 54.6 Å². The molecule has 0 unspecified atom stereocenters. The van der Waals surface area contributed by atoms with Gasteiger partial charge < -0.3 is 10.6 Å². The zero-order valence-electron chi connectivity index (χ0n) is 19.0. The second-order valence-electron chi connectivity index (χ2n) is 7.90. The number of rotatable bonds is 10. The van der Waals surface area contributed by atoms with Crippen LogP contribution in [-0.4, -0.2) is 49.4 Å². The van der Waals surface area contributed by atoms with E-state index in [2.05, 4.69) is 10.6 Å². The number of anilines is 1. The molecule has 1 aliphatic rings. The molecule has 0 bridgehead atoms. The lowest BCUT2D eigenvalue weighted by atomic mass is 10.2. The maximum Gasteiger partial charge on any atom is 0.251 e. The summed E-state index contributed by atoms with van der Waals surface area (Å²) in [6.45, 7) is 3.99. The Bertz CT molecular complexity index is 1060. The van der Waals surface area contributed by atoms with Gasteiger partial charge in [0.15, 0.2) is 0 Å². The van der Waals surface area contributed by atoms with Crippen molar-refractivity contribution in [3.05, 3.63) is 54.1 Å². The number of amides is 2. The molecule has 7 nitrogen and oxygen atoms in total. The van der Waals surface area contributed by atoms with Crippen LogP contribution in [0.2, 0.25) is 0 Å². The van der Waals surface area contributed by atoms with Gasteiger partial charge in [-0.1, -0.05) is 32.8 Å². The first-order valence-electron chi connectivity index (χ1n) is 11.3. The van der Waals surface area contributed by atoms with E-state index in [9.17, 15) is 18.0 Å². The number of hydrogen-bond donors (Lipinski definition) is 2. The largest absolute Gasteiger partial charge is 0.343 e. The summed E-state index contributed by atoms with van der Waals surface area (Å²) >= 11 is 1.88. The third-order valence-corrected chi connectivity index (χ3v) is 8.99. The molecule has 3 rings (SSSR count). The molecule has 0 heterocycles. The van der Waals surface area contributed by atoms with Crippen LogP contribution in [0, 0.1) is 0 Å². The topological polar surface area (TPSA) is 95.6 Å². The summed E-state index contributed by atoms with van der Waals surface area (Å²) in [7, 11) is -3.67. The molecule has 0 saturated heterocycles. The molecule has 2 N–H and O–H groups in total. The summed E-state index contributed by atoms with van der Waals surface area (Å²) in [6.07, 6.45) is 5.11. The second-order valence-corrected chi connectivity index (χ2v) is 11.2. The Morgan fingerprint density at radius 3 is 2.33 bits per heavy atom. The highest BCUT2D eigenvalue weighted by molar-refractivity contribution is 8.00. The molecule has 1 aliphatic carbocycles. The number of nitrogens with zero attached hydrogens (tertiary/aromatic N) is 1. The first-order chi connectivity index (χ1) is 15.8. The lowest BCUT2D eigenvalue weighted by molar-refractivity contribution is -0.115. The van der Waals surface area contributed by atoms with E-state index in [1.54, 1.807) is 13.8 Å². The Morgan fingerprint density at radius 2 is 1.70 bits per heavy atom. The fourth-order valence-corrected chi connectivity index (χ4v) is 6.55. The van der Waals surface area contributed by atoms with Gasteiger partial charge in [0.05, 0.1) is 11.4 Å². The molecule has 0 spiro atoms. The van der Waals surface area contributed by atoms with E-state index < -0.39 is 15.9 Å². The Labute approximate surface area is 200 Å². The van der Waals surface area contributed by atoms with Gasteiger partial charge in [-0.3, -0.25) is 9.59 Å². The molecule has 0 radical (unpaired) electrons. The minimum absolute atomic E-state index is 0.0545. The Morgan fingerprint density at radius 1 is 1.03 bits per heavy atom. The minimum atomic E-state index is -3.67. The van der Waals surface area contributed by atoms with Crippen molar-refractivity contribution in [1.82, 2.24) is 9.62 Å². The molecule has 2 amide bonds. The third-order valence-electron chi connectivity index (χ3n) is 5.59. The second kappa shape index (κ2) is 11.7. The molecule has 33 heavy (non-hydrogen) atoms. The van der Waals surface area contributed by atoms with Crippen molar-refractivity contribution in [3.63, 3.8) is 0 Å². The molecule has 0 atom stereocenters. The molecule has 2 aromatic rings. The quantitative estimate of drug-likeness (QED) is 0.523. The van der Waals surface area contributed by atoms with E-state index in [-0.39, 0.29) is 22.9 Å². The van der Waals surface area contributed by atoms with Gasteiger partial charge >= 0.3 is 0 Å². The average molecular weight is 490 g/mol. The van der Waals surface area contributed by atoms with Crippen molar-refractivity contribution in [1.29, 1.82) is 0 Å². The fourth-order valence-electron chi connectivity index (χ4n) is 3.79. The molecular formula is C24H31N3O4S2. The molecule has 0 aliphatic heterocycles. The third kappa shape index (κ3) is 6.82. The first kappa shape index (κ1) is 25.3. The van der Waals surface area contributed by atoms with Crippen molar-refractivity contribution in [2.24, 2.45) is 0 Å². The first-order valence-corrected chi connectivity index (χ1v) is 13.6. The smallest absolute Gasteiger partial charge is 0.251 e. The molecule has 178 valence electrons. The van der Waals surface area contributed by atoms with E-state index in [1.165, 1.54) is 59.1 Å². The normalized spacial score (nSPS) is 14.4. The highest BCUT2D eigenvalue weighted by Crippen LogP contribution is 2.34. The van der Waals surface area contributed by atoms with Crippen LogP contribution in [-0.2, 0) is 14.8 Å². The Balaban J connectivity index is 1.53. The highest BCUT2D eigenvalue weighted by Gasteiger charge is 2.22. The van der Waals surface area contributed by atoms with Gasteiger partial charge in [-0.25, -0.2) is 8.42 Å². The number of nitrogens with one attached hydrogen (secondary N) is 2. The van der Waals surface area contributed by atoms with Gasteiger partial charge in [-0.05, 0) is 55.3 Å². The fraction of sp³-hybridized carbons (Fsp3) is 0.417. The number of benzene rings is 2. The van der Waals surface area contributed by atoms with Crippen molar-refractivity contribution in [3.8, 4) is 0 Å². The van der Waals surface area contributed by atoms with Crippen LogP contribution in [0.3, 0.4) is 0 Å². The molecule has 1 fully saturated rings. The molecule has 0 aromatic heterocycles. The standard InChI is InChI=1S/C24H31N3O4S2/c1-3-27(4-2)33(30,31)22-11-7-8-18(16-22)24(29)25-17-23(28)26-19-12-14-21(15-13-19)32-20-9-5-6-10-20/h7-8,11-16,20H,3-6,9-10,17H2,1-2H3,(H,25,29)(H,26,28). The summed E-state index contributed by atoms with van der Waals surface area (Å²) in [5, 5.41) is 6.00. The van der Waals surface area contributed by atoms with E-state index in [0.717, 1.165) is 0 Å². The van der Waals surface area contributed by atoms with Crippen LogP contribution < -0.4 is 10.6 Å². The molecule has 1 saturated carbocycles. The number of hydrogen-bond acceptors (Lipinski definition) is 5. The SMILES string of the molecule is CCN(CC)S(=O)(=O)c1cccc(C(=O)NCC(=O)Nc2ccc(SC3CCCC3)cc2)c1. The summed E-state index contributed by atoms with van der Waals surface area (Å²) in [4.78, 5) is 26.0. The maximum atomic E-state index is 12.7. The van der Waals surface area contributed by atoms with Crippen LogP contribution in [0.1, 0.15) is 49.9 Å². The van der Waals surface area contributed by atoms with Gasteiger partial charge in [-0.2, -0.15) is 4.31 Å². The van der Waals surface area contributed by atoms with Crippen LogP contribution in [0.15, 0.2) is 58.3 Å². The van der Waals surface area contributed by atoms with Gasteiger partial charge in [-0.15, -0.1) is 11.8 Å². The van der Waals surface area contributed by atoms with Gasteiger partial charge in [0.2, 0.25) is 15.9 Å². The van der Waals surface area contributed by atoms with Crippen molar-refractivity contribution in [2.75, 3.05) is 25.0 Å². The molecule has 2 aromatic carbocycles. The monoisotopic (exact) mass is 489 g/mol. The summed E-state index contributed by atoms with van der Waals surface area (Å²) in [5.74, 6) is -0.864. The van der Waals surface area contributed by atoms with Crippen LogP contribution in [0.5, 0.6) is 0 Å². The zero-order chi connectivity index (χ0) is 23.8. The van der Waals surface area contributed by atoms with E-state index in [0.29, 0.717) is 24.0 Å². The Hall–Kier alpha value is -2.36. The average Bonchev–Trinajstić information content (AvgIpc) is 3.32. The molecular weight excluding hydrogens is 458 g/mol. The van der Waals surface area contributed by atoms with Gasteiger partial charge in [0.1, 0.15) is 0 Å². The van der Waals surface area contributed by atoms with Crippen LogP contribution >= 0.6 is 11.8 Å². The Kier molecular flexibility index (Phi) is 8.94. The number of carbonyl (C=O) groups excluding carboxylic acids is 2. The van der Waals surface area contributed by atoms with E-state index in [4.69, 9.17) is 0 Å². The summed E-state index contributed by atoms with van der Waals surface area (Å²) < 4.78 is 26.7. The summed E-state index contributed by atoms with van der Waals surface area (Å²) in [6, 6.07) is 13.6. The number of carbonyl (C=O) groups is 2. The minimum Gasteiger partial charge on any atom is -0.343 e. The lowest BCUT2D eigenvalue weighted by Gasteiger charge is -2.18. The van der Waals surface area contributed by atoms with Gasteiger partial charge in [0.25, 0.3) is 5.91 Å².